The van der Waals surface area contributed by atoms with Crippen LogP contribution >= 0.6 is 11.6 Å². The minimum absolute atomic E-state index is 0.129. The number of anilines is 1. The molecule has 1 aliphatic carbocycles. The Hall–Kier alpha value is -3.30. The summed E-state index contributed by atoms with van der Waals surface area (Å²) in [7, 11) is 0. The summed E-state index contributed by atoms with van der Waals surface area (Å²) >= 11 is 7.06. The van der Waals surface area contributed by atoms with Crippen molar-refractivity contribution < 1.29 is 9.53 Å². The van der Waals surface area contributed by atoms with Gasteiger partial charge in [-0.25, -0.2) is 0 Å². The van der Waals surface area contributed by atoms with Crippen molar-refractivity contribution in [3.63, 3.8) is 0 Å². The lowest BCUT2D eigenvalue weighted by Gasteiger charge is -2.28. The number of benzene rings is 2. The minimum Gasteiger partial charge on any atom is -0.466 e. The van der Waals surface area contributed by atoms with E-state index < -0.39 is 0 Å². The Morgan fingerprint density at radius 3 is 2.52 bits per heavy atom. The van der Waals surface area contributed by atoms with Crippen LogP contribution in [0.4, 0.5) is 5.69 Å². The van der Waals surface area contributed by atoms with Gasteiger partial charge in [0.15, 0.2) is 0 Å². The molecule has 1 heterocycles. The molecular formula is C38H46ClNO2. The number of esters is 1. The lowest BCUT2D eigenvalue weighted by atomic mass is 9.76. The second kappa shape index (κ2) is 13.3. The largest absolute Gasteiger partial charge is 0.466 e. The zero-order valence-corrected chi connectivity index (χ0v) is 27.0. The van der Waals surface area contributed by atoms with E-state index in [-0.39, 0.29) is 16.8 Å². The predicted molar refractivity (Wildman–Crippen MR) is 178 cm³/mol. The Morgan fingerprint density at radius 1 is 1.07 bits per heavy atom. The van der Waals surface area contributed by atoms with Gasteiger partial charge in [0.25, 0.3) is 0 Å². The molecule has 0 unspecified atom stereocenters. The maximum atomic E-state index is 11.2. The molecule has 2 aliphatic rings. The van der Waals surface area contributed by atoms with Crippen molar-refractivity contribution in [3.05, 3.63) is 124 Å². The monoisotopic (exact) mass is 583 g/mol. The first kappa shape index (κ1) is 31.6. The molecule has 0 fully saturated rings. The number of nitrogens with zero attached hydrogens (tertiary/aromatic N) is 1. The first-order valence-electron chi connectivity index (χ1n) is 15.2. The van der Waals surface area contributed by atoms with E-state index in [2.05, 4.69) is 119 Å². The maximum Gasteiger partial charge on any atom is 0.302 e. The molecule has 0 atom stereocenters. The molecule has 0 radical (unpaired) electrons. The van der Waals surface area contributed by atoms with Crippen LogP contribution < -0.4 is 4.90 Å². The first-order valence-corrected chi connectivity index (χ1v) is 15.6. The number of hydrogen-bond acceptors (Lipinski definition) is 3. The fourth-order valence-corrected chi connectivity index (χ4v) is 6.53. The summed E-state index contributed by atoms with van der Waals surface area (Å²) in [4.78, 5) is 13.6. The second-order valence-electron chi connectivity index (χ2n) is 12.6. The molecule has 0 aromatic heterocycles. The number of unbranched alkanes of at least 4 members (excludes halogenated alkanes) is 1. The van der Waals surface area contributed by atoms with Crippen molar-refractivity contribution in [2.24, 2.45) is 0 Å². The van der Waals surface area contributed by atoms with Crippen LogP contribution in [0, 0.1) is 6.92 Å². The van der Waals surface area contributed by atoms with Crippen LogP contribution in [0.5, 0.6) is 0 Å². The van der Waals surface area contributed by atoms with Gasteiger partial charge in [-0.3, -0.25) is 4.79 Å². The third kappa shape index (κ3) is 6.84. The van der Waals surface area contributed by atoms with Crippen LogP contribution in [0.3, 0.4) is 0 Å². The van der Waals surface area contributed by atoms with Crippen LogP contribution in [0.1, 0.15) is 83.4 Å². The van der Waals surface area contributed by atoms with Crippen LogP contribution in [0.25, 0.3) is 0 Å². The molecule has 0 N–H and O–H groups in total. The molecule has 0 bridgehead atoms. The molecule has 0 saturated heterocycles. The molecule has 1 aliphatic heterocycles. The molecule has 3 nitrogen and oxygen atoms in total. The number of rotatable bonds is 10. The average molecular weight is 584 g/mol. The number of para-hydroxylation sites is 1. The topological polar surface area (TPSA) is 29.5 Å². The number of carbonyl (C=O) groups is 1. The quantitative estimate of drug-likeness (QED) is 0.158. The highest BCUT2D eigenvalue weighted by atomic mass is 35.5. The summed E-state index contributed by atoms with van der Waals surface area (Å²) in [6.45, 7) is 18.5. The Balaban J connectivity index is 1.58. The normalized spacial score (nSPS) is 18.7. The van der Waals surface area contributed by atoms with E-state index in [4.69, 9.17) is 16.3 Å². The van der Waals surface area contributed by atoms with Crippen LogP contribution in [0.15, 0.2) is 107 Å². The van der Waals surface area contributed by atoms with Crippen molar-refractivity contribution in [2.75, 3.05) is 18.1 Å². The molecule has 2 aromatic carbocycles. The molecule has 0 amide bonds. The van der Waals surface area contributed by atoms with Crippen LogP contribution in [-0.2, 0) is 20.4 Å². The van der Waals surface area contributed by atoms with Gasteiger partial charge in [-0.05, 0) is 84.6 Å². The van der Waals surface area contributed by atoms with E-state index in [0.717, 1.165) is 49.3 Å². The number of halogens is 1. The number of fused-ring (bicyclic) bond motifs is 1. The fraction of sp³-hybridized carbons (Fsp3) is 0.395. The SMILES string of the molecule is C=C(/C=C/C1=C(Cl)C(=C/C=C2/N(CCCCOC(C)=O)c3ccccc3C2(C)C)/CCC1)C(C)(C)c1ccccc1C. The summed E-state index contributed by atoms with van der Waals surface area (Å²) < 4.78 is 5.16. The van der Waals surface area contributed by atoms with Gasteiger partial charge in [0, 0.05) is 40.7 Å². The van der Waals surface area contributed by atoms with E-state index in [1.54, 1.807) is 0 Å². The smallest absolute Gasteiger partial charge is 0.302 e. The summed E-state index contributed by atoms with van der Waals surface area (Å²) in [5.74, 6) is -0.221. The van der Waals surface area contributed by atoms with E-state index in [9.17, 15) is 4.79 Å². The van der Waals surface area contributed by atoms with Crippen LogP contribution in [0.2, 0.25) is 0 Å². The molecule has 4 heteroatoms. The average Bonchev–Trinajstić information content (AvgIpc) is 3.17. The van der Waals surface area contributed by atoms with Crippen molar-refractivity contribution >= 4 is 23.3 Å². The second-order valence-corrected chi connectivity index (χ2v) is 13.0. The van der Waals surface area contributed by atoms with Gasteiger partial charge in [-0.2, -0.15) is 0 Å². The third-order valence-electron chi connectivity index (χ3n) is 8.89. The number of carbonyl (C=O) groups excluding carboxylic acids is 1. The summed E-state index contributed by atoms with van der Waals surface area (Å²) in [5.41, 5.74) is 9.55. The Bertz CT molecular complexity index is 1450. The van der Waals surface area contributed by atoms with Gasteiger partial charge >= 0.3 is 5.97 Å². The molecule has 222 valence electrons. The number of aryl methyl sites for hydroxylation is 1. The van der Waals surface area contributed by atoms with E-state index in [1.807, 2.05) is 0 Å². The number of ether oxygens (including phenoxy) is 1. The Morgan fingerprint density at radius 2 is 1.79 bits per heavy atom. The standard InChI is InChI=1S/C38H46ClNO2/c1-27-15-8-9-18-32(27)37(4,5)28(2)21-22-30-16-14-17-31(36(30)39)23-24-35-38(6,7)33-19-10-11-20-34(33)40(35)25-12-13-26-42-29(3)41/h8-11,15,18-24H,2,12-14,16-17,25-26H2,1,3-7H3/b22-21+,31-23+,35-24+. The lowest BCUT2D eigenvalue weighted by molar-refractivity contribution is -0.141. The summed E-state index contributed by atoms with van der Waals surface area (Å²) in [6.07, 6.45) is 13.6. The van der Waals surface area contributed by atoms with Gasteiger partial charge in [0.1, 0.15) is 0 Å². The molecule has 0 spiro atoms. The number of hydrogen-bond donors (Lipinski definition) is 0. The molecule has 42 heavy (non-hydrogen) atoms. The highest BCUT2D eigenvalue weighted by molar-refractivity contribution is 6.32. The highest BCUT2D eigenvalue weighted by Crippen LogP contribution is 2.48. The van der Waals surface area contributed by atoms with Gasteiger partial charge < -0.3 is 9.64 Å². The van der Waals surface area contributed by atoms with Crippen molar-refractivity contribution in [3.8, 4) is 0 Å². The molecule has 4 rings (SSSR count). The zero-order valence-electron chi connectivity index (χ0n) is 26.2. The predicted octanol–water partition coefficient (Wildman–Crippen LogP) is 10.0. The molecular weight excluding hydrogens is 538 g/mol. The van der Waals surface area contributed by atoms with Crippen LogP contribution in [-0.4, -0.2) is 19.1 Å². The van der Waals surface area contributed by atoms with Gasteiger partial charge in [-0.15, -0.1) is 0 Å². The fourth-order valence-electron chi connectivity index (χ4n) is 6.21. The van der Waals surface area contributed by atoms with E-state index in [0.29, 0.717) is 6.61 Å². The van der Waals surface area contributed by atoms with E-state index >= 15 is 0 Å². The highest BCUT2D eigenvalue weighted by Gasteiger charge is 2.39. The Labute approximate surface area is 258 Å². The lowest BCUT2D eigenvalue weighted by Crippen LogP contribution is -2.27. The zero-order chi connectivity index (χ0) is 30.5. The van der Waals surface area contributed by atoms with Crippen molar-refractivity contribution in [1.82, 2.24) is 0 Å². The minimum atomic E-state index is -0.221. The van der Waals surface area contributed by atoms with Crippen molar-refractivity contribution in [1.29, 1.82) is 0 Å². The van der Waals surface area contributed by atoms with Gasteiger partial charge in [0.2, 0.25) is 0 Å². The summed E-state index contributed by atoms with van der Waals surface area (Å²) in [5, 5.41) is 0.858. The number of allylic oxidation sites excluding steroid dienone is 9. The first-order chi connectivity index (χ1) is 19.9. The van der Waals surface area contributed by atoms with Gasteiger partial charge in [-0.1, -0.05) is 107 Å². The van der Waals surface area contributed by atoms with E-state index in [1.165, 1.54) is 46.1 Å². The third-order valence-corrected chi connectivity index (χ3v) is 9.37. The molecule has 0 saturated carbocycles. The Kier molecular flexibility index (Phi) is 10.0. The molecule has 2 aromatic rings. The van der Waals surface area contributed by atoms with Crippen molar-refractivity contribution in [2.45, 2.75) is 84.5 Å². The maximum absolute atomic E-state index is 11.2. The summed E-state index contributed by atoms with van der Waals surface area (Å²) in [6, 6.07) is 17.2. The van der Waals surface area contributed by atoms with Gasteiger partial charge in [0.05, 0.1) is 6.61 Å².